The SMILES string of the molecule is CCOC(=O)N=CN1CCCCC1. The molecule has 1 fully saturated rings. The molecule has 1 aliphatic rings. The van der Waals surface area contributed by atoms with Crippen molar-refractivity contribution in [3.8, 4) is 0 Å². The molecule has 1 rings (SSSR count). The van der Waals surface area contributed by atoms with Crippen LogP contribution in [0.5, 0.6) is 0 Å². The minimum Gasteiger partial charge on any atom is -0.448 e. The van der Waals surface area contributed by atoms with Gasteiger partial charge in [0.25, 0.3) is 0 Å². The fourth-order valence-corrected chi connectivity index (χ4v) is 1.32. The lowest BCUT2D eigenvalue weighted by Crippen LogP contribution is -2.28. The van der Waals surface area contributed by atoms with Crippen LogP contribution in [0.1, 0.15) is 26.2 Å². The molecule has 1 saturated heterocycles. The van der Waals surface area contributed by atoms with E-state index in [-0.39, 0.29) is 0 Å². The summed E-state index contributed by atoms with van der Waals surface area (Å²) in [5, 5.41) is 0. The molecule has 0 spiro atoms. The van der Waals surface area contributed by atoms with Crippen molar-refractivity contribution in [2.45, 2.75) is 26.2 Å². The Morgan fingerprint density at radius 3 is 2.77 bits per heavy atom. The fourth-order valence-electron chi connectivity index (χ4n) is 1.32. The molecule has 13 heavy (non-hydrogen) atoms. The zero-order valence-electron chi connectivity index (χ0n) is 8.03. The highest BCUT2D eigenvalue weighted by Gasteiger charge is 2.06. The number of carbonyl (C=O) groups is 1. The van der Waals surface area contributed by atoms with Crippen LogP contribution in [0.3, 0.4) is 0 Å². The Kier molecular flexibility index (Phi) is 4.29. The van der Waals surface area contributed by atoms with Crippen LogP contribution in [0.15, 0.2) is 4.99 Å². The van der Waals surface area contributed by atoms with E-state index < -0.39 is 6.09 Å². The highest BCUT2D eigenvalue weighted by molar-refractivity contribution is 5.78. The molecular weight excluding hydrogens is 168 g/mol. The lowest BCUT2D eigenvalue weighted by molar-refractivity contribution is 0.163. The van der Waals surface area contributed by atoms with Gasteiger partial charge in [0.1, 0.15) is 0 Å². The van der Waals surface area contributed by atoms with Gasteiger partial charge in [-0.15, -0.1) is 0 Å². The van der Waals surface area contributed by atoms with E-state index in [4.69, 9.17) is 0 Å². The van der Waals surface area contributed by atoms with E-state index in [0.717, 1.165) is 13.1 Å². The number of aliphatic imine (C=N–C) groups is 1. The van der Waals surface area contributed by atoms with Crippen molar-refractivity contribution in [3.05, 3.63) is 0 Å². The second-order valence-corrected chi connectivity index (χ2v) is 3.04. The first kappa shape index (κ1) is 10.0. The molecule has 74 valence electrons. The van der Waals surface area contributed by atoms with Gasteiger partial charge in [0.15, 0.2) is 0 Å². The Bertz CT molecular complexity index is 186. The van der Waals surface area contributed by atoms with Gasteiger partial charge in [0.2, 0.25) is 0 Å². The number of rotatable bonds is 2. The summed E-state index contributed by atoms with van der Waals surface area (Å²) in [5.74, 6) is 0. The largest absolute Gasteiger partial charge is 0.448 e. The van der Waals surface area contributed by atoms with Crippen LogP contribution in [0.4, 0.5) is 4.79 Å². The highest BCUT2D eigenvalue weighted by atomic mass is 16.5. The van der Waals surface area contributed by atoms with Crippen molar-refractivity contribution in [1.29, 1.82) is 0 Å². The lowest BCUT2D eigenvalue weighted by atomic mass is 10.1. The van der Waals surface area contributed by atoms with Gasteiger partial charge >= 0.3 is 6.09 Å². The fraction of sp³-hybridized carbons (Fsp3) is 0.778. The zero-order valence-corrected chi connectivity index (χ0v) is 8.03. The standard InChI is InChI=1S/C9H16N2O2/c1-2-13-9(12)10-8-11-6-4-3-5-7-11/h8H,2-7H2,1H3. The molecule has 0 aromatic heterocycles. The predicted octanol–water partition coefficient (Wildman–Crippen LogP) is 1.66. The van der Waals surface area contributed by atoms with Crippen molar-refractivity contribution in [2.75, 3.05) is 19.7 Å². The summed E-state index contributed by atoms with van der Waals surface area (Å²) in [7, 11) is 0. The summed E-state index contributed by atoms with van der Waals surface area (Å²) in [6.07, 6.45) is 4.76. The number of piperidine rings is 1. The molecule has 0 aromatic carbocycles. The maximum Gasteiger partial charge on any atom is 0.434 e. The summed E-state index contributed by atoms with van der Waals surface area (Å²) in [6, 6.07) is 0. The maximum atomic E-state index is 10.8. The number of likely N-dealkylation sites (tertiary alicyclic amines) is 1. The molecule has 0 bridgehead atoms. The van der Waals surface area contributed by atoms with E-state index in [9.17, 15) is 4.79 Å². The van der Waals surface area contributed by atoms with E-state index in [1.165, 1.54) is 19.3 Å². The molecule has 1 aliphatic heterocycles. The normalized spacial score (nSPS) is 17.8. The van der Waals surface area contributed by atoms with E-state index in [2.05, 4.69) is 14.6 Å². The van der Waals surface area contributed by atoms with Gasteiger partial charge in [-0.25, -0.2) is 4.79 Å². The Hall–Kier alpha value is -1.06. The van der Waals surface area contributed by atoms with Crippen molar-refractivity contribution in [2.24, 2.45) is 4.99 Å². The van der Waals surface area contributed by atoms with E-state index in [1.807, 2.05) is 0 Å². The van der Waals surface area contributed by atoms with Crippen molar-refractivity contribution >= 4 is 12.4 Å². The van der Waals surface area contributed by atoms with E-state index in [0.29, 0.717) is 6.61 Å². The van der Waals surface area contributed by atoms with Gasteiger partial charge in [-0.3, -0.25) is 0 Å². The summed E-state index contributed by atoms with van der Waals surface area (Å²) in [6.45, 7) is 4.16. The average Bonchev–Trinajstić information content (AvgIpc) is 2.17. The lowest BCUT2D eigenvalue weighted by Gasteiger charge is -2.23. The quantitative estimate of drug-likeness (QED) is 0.484. The van der Waals surface area contributed by atoms with Crippen molar-refractivity contribution in [3.63, 3.8) is 0 Å². The summed E-state index contributed by atoms with van der Waals surface area (Å²) < 4.78 is 4.67. The summed E-state index contributed by atoms with van der Waals surface area (Å²) in [4.78, 5) is 16.6. The Labute approximate surface area is 78.6 Å². The van der Waals surface area contributed by atoms with Gasteiger partial charge in [0, 0.05) is 13.1 Å². The number of ether oxygens (including phenoxy) is 1. The Balaban J connectivity index is 2.24. The van der Waals surface area contributed by atoms with Gasteiger partial charge in [-0.1, -0.05) is 0 Å². The summed E-state index contributed by atoms with van der Waals surface area (Å²) >= 11 is 0. The average molecular weight is 184 g/mol. The van der Waals surface area contributed by atoms with Crippen LogP contribution in [-0.4, -0.2) is 37.0 Å². The molecule has 4 nitrogen and oxygen atoms in total. The second-order valence-electron chi connectivity index (χ2n) is 3.04. The van der Waals surface area contributed by atoms with Crippen molar-refractivity contribution < 1.29 is 9.53 Å². The highest BCUT2D eigenvalue weighted by Crippen LogP contribution is 2.06. The number of amides is 1. The molecule has 0 aliphatic carbocycles. The number of nitrogens with zero attached hydrogens (tertiary/aromatic N) is 2. The molecule has 4 heteroatoms. The first-order valence-electron chi connectivity index (χ1n) is 4.78. The zero-order chi connectivity index (χ0) is 9.52. The maximum absolute atomic E-state index is 10.8. The molecular formula is C9H16N2O2. The Morgan fingerprint density at radius 1 is 1.46 bits per heavy atom. The Morgan fingerprint density at radius 2 is 2.15 bits per heavy atom. The third-order valence-corrected chi connectivity index (χ3v) is 1.98. The van der Waals surface area contributed by atoms with Crippen LogP contribution in [0, 0.1) is 0 Å². The smallest absolute Gasteiger partial charge is 0.434 e. The summed E-state index contributed by atoms with van der Waals surface area (Å²) in [5.41, 5.74) is 0. The molecule has 0 saturated carbocycles. The number of hydrogen-bond acceptors (Lipinski definition) is 2. The minimum absolute atomic E-state index is 0.385. The first-order chi connectivity index (χ1) is 6.33. The molecule has 0 aromatic rings. The molecule has 1 heterocycles. The third-order valence-electron chi connectivity index (χ3n) is 1.98. The van der Waals surface area contributed by atoms with Crippen LogP contribution in [-0.2, 0) is 4.74 Å². The van der Waals surface area contributed by atoms with Crippen LogP contribution < -0.4 is 0 Å². The van der Waals surface area contributed by atoms with E-state index >= 15 is 0 Å². The van der Waals surface area contributed by atoms with Crippen LogP contribution >= 0.6 is 0 Å². The molecule has 0 radical (unpaired) electrons. The monoisotopic (exact) mass is 184 g/mol. The minimum atomic E-state index is -0.493. The molecule has 0 atom stereocenters. The van der Waals surface area contributed by atoms with Gasteiger partial charge in [-0.2, -0.15) is 4.99 Å². The van der Waals surface area contributed by atoms with Crippen LogP contribution in [0.2, 0.25) is 0 Å². The first-order valence-corrected chi connectivity index (χ1v) is 4.78. The molecule has 1 amide bonds. The predicted molar refractivity (Wildman–Crippen MR) is 50.9 cm³/mol. The van der Waals surface area contributed by atoms with E-state index in [1.54, 1.807) is 13.3 Å². The van der Waals surface area contributed by atoms with Crippen LogP contribution in [0.25, 0.3) is 0 Å². The molecule has 0 N–H and O–H groups in total. The van der Waals surface area contributed by atoms with Gasteiger partial charge < -0.3 is 9.64 Å². The number of carbonyl (C=O) groups excluding carboxylic acids is 1. The topological polar surface area (TPSA) is 41.9 Å². The number of hydrogen-bond donors (Lipinski definition) is 0. The van der Waals surface area contributed by atoms with Gasteiger partial charge in [-0.05, 0) is 26.2 Å². The van der Waals surface area contributed by atoms with Crippen molar-refractivity contribution in [1.82, 2.24) is 4.90 Å². The van der Waals surface area contributed by atoms with Gasteiger partial charge in [0.05, 0.1) is 12.9 Å². The second kappa shape index (κ2) is 5.56. The molecule has 0 unspecified atom stereocenters. The third kappa shape index (κ3) is 3.92.